The zero-order valence-electron chi connectivity index (χ0n) is 11.1. The second kappa shape index (κ2) is 4.96. The lowest BCUT2D eigenvalue weighted by Gasteiger charge is -2.09. The van der Waals surface area contributed by atoms with Gasteiger partial charge in [-0.3, -0.25) is 4.79 Å². The Labute approximate surface area is 128 Å². The summed E-state index contributed by atoms with van der Waals surface area (Å²) in [6.07, 6.45) is 1.66. The molecule has 0 aliphatic heterocycles. The lowest BCUT2D eigenvalue weighted by molar-refractivity contribution is 0.579. The molecule has 0 bridgehead atoms. The van der Waals surface area contributed by atoms with E-state index in [9.17, 15) is 9.18 Å². The quantitative estimate of drug-likeness (QED) is 0.663. The molecule has 4 nitrogen and oxygen atoms in total. The van der Waals surface area contributed by atoms with Gasteiger partial charge in [-0.25, -0.2) is 4.98 Å². The van der Waals surface area contributed by atoms with Gasteiger partial charge >= 0.3 is 0 Å². The fraction of sp³-hybridized carbons (Fsp3) is 0.0667. The Morgan fingerprint density at radius 2 is 2.05 bits per heavy atom. The number of rotatable bonds is 1. The van der Waals surface area contributed by atoms with E-state index in [1.807, 2.05) is 13.0 Å². The van der Waals surface area contributed by atoms with E-state index in [0.29, 0.717) is 10.9 Å². The first kappa shape index (κ1) is 13.8. The van der Waals surface area contributed by atoms with Gasteiger partial charge < -0.3 is 10.7 Å². The highest BCUT2D eigenvalue weighted by Gasteiger charge is 2.11. The monoisotopic (exact) mass is 347 g/mol. The van der Waals surface area contributed by atoms with Gasteiger partial charge in [0.2, 0.25) is 5.95 Å². The predicted octanol–water partition coefficient (Wildman–Crippen LogP) is 3.38. The highest BCUT2D eigenvalue weighted by atomic mass is 79.9. The standard InChI is InChI=1S/C15H11BrFN3O/c1-7-6-19-15(21)9-3-2-8(4-10(7)9)11-5-12(16)13(17)20-14(11)18/h2-6H,1H3,(H2,18,20)(H,19,21). The topological polar surface area (TPSA) is 71.8 Å². The van der Waals surface area contributed by atoms with Crippen LogP contribution in [0.5, 0.6) is 0 Å². The van der Waals surface area contributed by atoms with Crippen LogP contribution in [-0.4, -0.2) is 9.97 Å². The van der Waals surface area contributed by atoms with Crippen molar-refractivity contribution in [3.8, 4) is 11.1 Å². The van der Waals surface area contributed by atoms with Crippen molar-refractivity contribution >= 4 is 32.5 Å². The molecule has 0 unspecified atom stereocenters. The normalized spacial score (nSPS) is 11.0. The number of nitrogen functional groups attached to an aromatic ring is 1. The number of anilines is 1. The summed E-state index contributed by atoms with van der Waals surface area (Å²) in [5.41, 5.74) is 7.99. The summed E-state index contributed by atoms with van der Waals surface area (Å²) < 4.78 is 13.6. The largest absolute Gasteiger partial charge is 0.383 e. The number of hydrogen-bond donors (Lipinski definition) is 2. The summed E-state index contributed by atoms with van der Waals surface area (Å²) in [6.45, 7) is 1.91. The highest BCUT2D eigenvalue weighted by Crippen LogP contribution is 2.31. The van der Waals surface area contributed by atoms with Crippen LogP contribution in [0.3, 0.4) is 0 Å². The van der Waals surface area contributed by atoms with E-state index in [4.69, 9.17) is 5.73 Å². The Morgan fingerprint density at radius 3 is 2.81 bits per heavy atom. The zero-order chi connectivity index (χ0) is 15.1. The third-order valence-corrected chi connectivity index (χ3v) is 3.94. The lowest BCUT2D eigenvalue weighted by atomic mass is 10.0. The number of H-pyrrole nitrogens is 1. The molecule has 0 radical (unpaired) electrons. The molecule has 3 rings (SSSR count). The van der Waals surface area contributed by atoms with Crippen LogP contribution >= 0.6 is 15.9 Å². The van der Waals surface area contributed by atoms with E-state index in [1.165, 1.54) is 0 Å². The van der Waals surface area contributed by atoms with Crippen molar-refractivity contribution in [3.05, 3.63) is 56.8 Å². The van der Waals surface area contributed by atoms with Gasteiger partial charge in [0, 0.05) is 17.1 Å². The van der Waals surface area contributed by atoms with Gasteiger partial charge in [0.05, 0.1) is 4.47 Å². The molecule has 0 amide bonds. The van der Waals surface area contributed by atoms with Gasteiger partial charge in [0.1, 0.15) is 5.82 Å². The van der Waals surface area contributed by atoms with Crippen molar-refractivity contribution in [3.63, 3.8) is 0 Å². The van der Waals surface area contributed by atoms with Gasteiger partial charge in [-0.1, -0.05) is 6.07 Å². The fourth-order valence-corrected chi connectivity index (χ4v) is 2.59. The molecule has 0 saturated heterocycles. The number of halogens is 2. The van der Waals surface area contributed by atoms with Crippen molar-refractivity contribution in [1.82, 2.24) is 9.97 Å². The average Bonchev–Trinajstić information content (AvgIpc) is 2.46. The number of aryl methyl sites for hydroxylation is 1. The molecule has 2 aromatic heterocycles. The maximum atomic E-state index is 13.4. The van der Waals surface area contributed by atoms with Crippen molar-refractivity contribution in [2.75, 3.05) is 5.73 Å². The third-order valence-electron chi connectivity index (χ3n) is 3.38. The van der Waals surface area contributed by atoms with Crippen LogP contribution in [0.4, 0.5) is 10.2 Å². The summed E-state index contributed by atoms with van der Waals surface area (Å²) in [5, 5.41) is 1.43. The second-order valence-electron chi connectivity index (χ2n) is 4.75. The average molecular weight is 348 g/mol. The molecule has 3 aromatic rings. The third kappa shape index (κ3) is 2.31. The predicted molar refractivity (Wildman–Crippen MR) is 84.6 cm³/mol. The minimum Gasteiger partial charge on any atom is -0.383 e. The molecular formula is C15H11BrFN3O. The zero-order valence-corrected chi connectivity index (χ0v) is 12.7. The van der Waals surface area contributed by atoms with Crippen LogP contribution in [0.1, 0.15) is 5.56 Å². The number of nitrogens with zero attached hydrogens (tertiary/aromatic N) is 1. The molecule has 2 heterocycles. The Hall–Kier alpha value is -2.21. The SMILES string of the molecule is Cc1c[nH]c(=O)c2ccc(-c3cc(Br)c(F)nc3N)cc12. The molecule has 0 atom stereocenters. The minimum atomic E-state index is -0.648. The Bertz CT molecular complexity index is 921. The van der Waals surface area contributed by atoms with E-state index >= 15 is 0 Å². The molecule has 0 aliphatic rings. The smallest absolute Gasteiger partial charge is 0.255 e. The number of benzene rings is 1. The molecular weight excluding hydrogens is 337 g/mol. The summed E-state index contributed by atoms with van der Waals surface area (Å²) in [6, 6.07) is 6.95. The molecule has 0 aliphatic carbocycles. The van der Waals surface area contributed by atoms with Crippen LogP contribution in [0, 0.1) is 12.9 Å². The van der Waals surface area contributed by atoms with Crippen LogP contribution < -0.4 is 11.3 Å². The van der Waals surface area contributed by atoms with Crippen molar-refractivity contribution in [2.24, 2.45) is 0 Å². The first-order chi connectivity index (χ1) is 9.97. The van der Waals surface area contributed by atoms with Crippen molar-refractivity contribution < 1.29 is 4.39 Å². The number of nitrogens with two attached hydrogens (primary N) is 1. The van der Waals surface area contributed by atoms with E-state index < -0.39 is 5.95 Å². The first-order valence-electron chi connectivity index (χ1n) is 6.21. The van der Waals surface area contributed by atoms with Crippen LogP contribution in [0.25, 0.3) is 21.9 Å². The van der Waals surface area contributed by atoms with Crippen LogP contribution in [0.15, 0.2) is 39.7 Å². The number of nitrogens with one attached hydrogen (secondary N) is 1. The van der Waals surface area contributed by atoms with Gasteiger partial charge in [-0.15, -0.1) is 0 Å². The molecule has 0 spiro atoms. The fourth-order valence-electron chi connectivity index (χ4n) is 2.28. The summed E-state index contributed by atoms with van der Waals surface area (Å²) in [4.78, 5) is 18.1. The maximum Gasteiger partial charge on any atom is 0.255 e. The molecule has 21 heavy (non-hydrogen) atoms. The van der Waals surface area contributed by atoms with E-state index in [-0.39, 0.29) is 15.8 Å². The number of pyridine rings is 2. The number of aromatic amines is 1. The minimum absolute atomic E-state index is 0.109. The molecule has 106 valence electrons. The van der Waals surface area contributed by atoms with E-state index in [1.54, 1.807) is 24.4 Å². The first-order valence-corrected chi connectivity index (χ1v) is 7.00. The molecule has 3 N–H and O–H groups in total. The number of fused-ring (bicyclic) bond motifs is 1. The lowest BCUT2D eigenvalue weighted by Crippen LogP contribution is -2.06. The Kier molecular flexibility index (Phi) is 3.25. The van der Waals surface area contributed by atoms with Gasteiger partial charge in [0.15, 0.2) is 0 Å². The van der Waals surface area contributed by atoms with Crippen LogP contribution in [0.2, 0.25) is 0 Å². The highest BCUT2D eigenvalue weighted by molar-refractivity contribution is 9.10. The summed E-state index contributed by atoms with van der Waals surface area (Å²) in [5.74, 6) is -0.540. The van der Waals surface area contributed by atoms with E-state index in [2.05, 4.69) is 25.9 Å². The summed E-state index contributed by atoms with van der Waals surface area (Å²) in [7, 11) is 0. The Morgan fingerprint density at radius 1 is 1.29 bits per heavy atom. The van der Waals surface area contributed by atoms with Crippen LogP contribution in [-0.2, 0) is 0 Å². The second-order valence-corrected chi connectivity index (χ2v) is 5.61. The van der Waals surface area contributed by atoms with Gasteiger partial charge in [-0.05, 0) is 57.6 Å². The number of hydrogen-bond acceptors (Lipinski definition) is 3. The molecule has 0 fully saturated rings. The number of aromatic nitrogens is 2. The van der Waals surface area contributed by atoms with Gasteiger partial charge in [0.25, 0.3) is 5.56 Å². The van der Waals surface area contributed by atoms with E-state index in [0.717, 1.165) is 16.5 Å². The van der Waals surface area contributed by atoms with Gasteiger partial charge in [-0.2, -0.15) is 4.39 Å². The van der Waals surface area contributed by atoms with Crippen molar-refractivity contribution in [2.45, 2.75) is 6.92 Å². The molecule has 0 saturated carbocycles. The summed E-state index contributed by atoms with van der Waals surface area (Å²) >= 11 is 3.11. The molecule has 1 aromatic carbocycles. The Balaban J connectivity index is 2.29. The molecule has 6 heteroatoms. The maximum absolute atomic E-state index is 13.4. The van der Waals surface area contributed by atoms with Crippen molar-refractivity contribution in [1.29, 1.82) is 0 Å².